The summed E-state index contributed by atoms with van der Waals surface area (Å²) < 4.78 is 18.0. The summed E-state index contributed by atoms with van der Waals surface area (Å²) in [5.41, 5.74) is 5.00. The molecule has 0 aromatic heterocycles. The molecule has 0 aliphatic heterocycles. The minimum Gasteiger partial charge on any atom is -0.440 e. The monoisotopic (exact) mass is 559 g/mol. The van der Waals surface area contributed by atoms with E-state index in [4.69, 9.17) is 52.5 Å². The van der Waals surface area contributed by atoms with Gasteiger partial charge in [-0.05, 0) is 41.8 Å². The average Bonchev–Trinajstić information content (AvgIpc) is 2.84. The summed E-state index contributed by atoms with van der Waals surface area (Å²) in [6.45, 7) is 1.23. The first-order valence-electron chi connectivity index (χ1n) is 11.6. The molecule has 0 fully saturated rings. The summed E-state index contributed by atoms with van der Waals surface area (Å²) in [5.74, 6) is -1.63. The van der Waals surface area contributed by atoms with Crippen molar-refractivity contribution in [1.82, 2.24) is 5.32 Å². The molecule has 3 atom stereocenters. The Balaban J connectivity index is 2.14. The van der Waals surface area contributed by atoms with E-state index < -0.39 is 40.9 Å². The molecule has 198 valence electrons. The zero-order valence-corrected chi connectivity index (χ0v) is 22.0. The van der Waals surface area contributed by atoms with Crippen LogP contribution in [0.2, 0.25) is 0 Å². The van der Waals surface area contributed by atoms with Crippen LogP contribution in [0.5, 0.6) is 0 Å². The summed E-state index contributed by atoms with van der Waals surface area (Å²) in [4.78, 5) is 27.7. The number of nitrogens with two attached hydrogens (primary N) is 1. The molecule has 0 bridgehead atoms. The lowest BCUT2D eigenvalue weighted by molar-refractivity contribution is -0.203. The summed E-state index contributed by atoms with van der Waals surface area (Å²) >= 11 is 11.7. The third-order valence-corrected chi connectivity index (χ3v) is 5.92. The third-order valence-electron chi connectivity index (χ3n) is 5.59. The quantitative estimate of drug-likeness (QED) is 0.112. The van der Waals surface area contributed by atoms with E-state index in [0.717, 1.165) is 23.4 Å². The van der Waals surface area contributed by atoms with Crippen LogP contribution in [0.4, 0.5) is 10.1 Å². The number of anilines is 1. The molecule has 5 N–H and O–H groups in total. The molecule has 0 saturated heterocycles. The number of carbonyl (C=O) groups excluding carboxylic acids is 2. The molecular formula is C24H27B3Cl2FN3O5. The molecule has 0 spiro atoms. The number of nitrogens with zero attached hydrogens (tertiary/aromatic N) is 1. The topological polar surface area (TPSA) is 125 Å². The zero-order valence-electron chi connectivity index (χ0n) is 20.5. The van der Waals surface area contributed by atoms with Crippen LogP contribution in [0, 0.1) is 5.82 Å². The molecule has 0 heterocycles. The first-order chi connectivity index (χ1) is 17.8. The molecule has 3 unspecified atom stereocenters. The number of nitrogens with one attached hydrogen (secondary N) is 1. The second kappa shape index (κ2) is 14.2. The van der Waals surface area contributed by atoms with Crippen molar-refractivity contribution >= 4 is 64.3 Å². The van der Waals surface area contributed by atoms with Gasteiger partial charge in [-0.3, -0.25) is 4.79 Å². The Labute approximate surface area is 235 Å². The van der Waals surface area contributed by atoms with Gasteiger partial charge in [0.25, 0.3) is 0 Å². The van der Waals surface area contributed by atoms with E-state index in [0.29, 0.717) is 30.4 Å². The second-order valence-electron chi connectivity index (χ2n) is 8.68. The number of amides is 1. The zero-order chi connectivity index (χ0) is 28.5. The van der Waals surface area contributed by atoms with Gasteiger partial charge in [-0.2, -0.15) is 0 Å². The van der Waals surface area contributed by atoms with Gasteiger partial charge in [0, 0.05) is 42.4 Å². The van der Waals surface area contributed by atoms with E-state index in [1.54, 1.807) is 12.1 Å². The molecule has 14 heteroatoms. The van der Waals surface area contributed by atoms with Gasteiger partial charge in [0.05, 0.1) is 6.04 Å². The number of hydrogen-bond donors (Lipinski definition) is 4. The average molecular weight is 560 g/mol. The number of rotatable bonds is 14. The fraction of sp³-hybridized carbons (Fsp3) is 0.417. The van der Waals surface area contributed by atoms with Crippen LogP contribution in [0.15, 0.2) is 48.5 Å². The van der Waals surface area contributed by atoms with E-state index in [1.807, 2.05) is 17.0 Å². The van der Waals surface area contributed by atoms with Crippen LogP contribution >= 0.6 is 23.2 Å². The molecule has 0 aliphatic carbocycles. The fourth-order valence-electron chi connectivity index (χ4n) is 3.40. The largest absolute Gasteiger partial charge is 0.440 e. The van der Waals surface area contributed by atoms with Gasteiger partial charge in [0.2, 0.25) is 5.91 Å². The first-order valence-corrected chi connectivity index (χ1v) is 12.6. The number of hydrogen-bond acceptors (Lipinski definition) is 7. The molecule has 8 nitrogen and oxygen atoms in total. The molecule has 1 amide bonds. The van der Waals surface area contributed by atoms with Gasteiger partial charge in [-0.1, -0.05) is 24.3 Å². The minimum absolute atomic E-state index is 0.127. The van der Waals surface area contributed by atoms with Gasteiger partial charge in [0.1, 0.15) is 27.6 Å². The van der Waals surface area contributed by atoms with Crippen LogP contribution in [0.3, 0.4) is 0 Å². The van der Waals surface area contributed by atoms with Crippen molar-refractivity contribution in [3.8, 4) is 0 Å². The van der Waals surface area contributed by atoms with Crippen molar-refractivity contribution in [1.29, 1.82) is 0 Å². The Hall–Kier alpha value is -2.24. The Morgan fingerprint density at radius 1 is 0.974 bits per heavy atom. The van der Waals surface area contributed by atoms with Crippen molar-refractivity contribution < 1.29 is 28.9 Å². The van der Waals surface area contributed by atoms with Crippen molar-refractivity contribution in [3.05, 3.63) is 65.5 Å². The smallest absolute Gasteiger partial charge is 0.330 e. The van der Waals surface area contributed by atoms with Gasteiger partial charge >= 0.3 is 5.97 Å². The summed E-state index contributed by atoms with van der Waals surface area (Å²) in [6, 6.07) is 9.90. The van der Waals surface area contributed by atoms with Crippen molar-refractivity contribution in [2.24, 2.45) is 5.73 Å². The predicted molar refractivity (Wildman–Crippen MR) is 147 cm³/mol. The minimum atomic E-state index is -3.18. The van der Waals surface area contributed by atoms with E-state index in [9.17, 15) is 24.2 Å². The fourth-order valence-corrected chi connectivity index (χ4v) is 3.81. The van der Waals surface area contributed by atoms with Crippen molar-refractivity contribution in [3.63, 3.8) is 0 Å². The molecule has 6 radical (unpaired) electrons. The van der Waals surface area contributed by atoms with Gasteiger partial charge < -0.3 is 30.9 Å². The molecule has 2 aromatic rings. The SMILES string of the molecule is [B]C([B])(O)C([B])(O)OC(=O)C(Cc1ccc(F)cc1)NC(=O)C(N)Cc1ccc(N(CCCl)CCCl)cc1. The number of esters is 1. The number of carbonyl (C=O) groups is 2. The van der Waals surface area contributed by atoms with E-state index >= 15 is 0 Å². The Kier molecular flexibility index (Phi) is 12.0. The van der Waals surface area contributed by atoms with Gasteiger partial charge in [-0.15, -0.1) is 23.2 Å². The van der Waals surface area contributed by atoms with Crippen LogP contribution in [0.1, 0.15) is 11.1 Å². The number of aliphatic hydroxyl groups is 2. The van der Waals surface area contributed by atoms with Crippen LogP contribution < -0.4 is 16.0 Å². The highest BCUT2D eigenvalue weighted by Gasteiger charge is 2.41. The predicted octanol–water partition coefficient (Wildman–Crippen LogP) is 0.0479. The molecule has 2 aromatic carbocycles. The highest BCUT2D eigenvalue weighted by atomic mass is 35.5. The normalized spacial score (nSPS) is 14.7. The highest BCUT2D eigenvalue weighted by Crippen LogP contribution is 2.18. The van der Waals surface area contributed by atoms with Gasteiger partial charge in [-0.25, -0.2) is 9.18 Å². The lowest BCUT2D eigenvalue weighted by atomic mass is 9.54. The standard InChI is InChI=1S/C24H27B3Cl2FN3O5/c25-23(26,36)24(27,37)38-22(35)20(14-16-1-5-17(30)6-2-16)32-21(34)19(31)13-15-3-7-18(8-4-15)33(11-9-28)12-10-29/h1-8,19-20,36-37H,9-14,31H2,(H,32,34). The molecule has 0 aliphatic rings. The van der Waals surface area contributed by atoms with E-state index in [2.05, 4.69) is 10.1 Å². The molecular weight excluding hydrogens is 533 g/mol. The maximum Gasteiger partial charge on any atom is 0.330 e. The Bertz CT molecular complexity index is 1050. The number of alkyl halides is 2. The summed E-state index contributed by atoms with van der Waals surface area (Å²) in [7, 11) is 15.6. The maximum atomic E-state index is 13.3. The van der Waals surface area contributed by atoms with Crippen LogP contribution in [-0.2, 0) is 27.2 Å². The van der Waals surface area contributed by atoms with Crippen LogP contribution in [-0.4, -0.2) is 93.6 Å². The van der Waals surface area contributed by atoms with E-state index in [-0.39, 0.29) is 12.8 Å². The first kappa shape index (κ1) is 32.0. The van der Waals surface area contributed by atoms with Gasteiger partial charge in [0.15, 0.2) is 13.5 Å². The Morgan fingerprint density at radius 2 is 1.47 bits per heavy atom. The molecule has 38 heavy (non-hydrogen) atoms. The lowest BCUT2D eigenvalue weighted by Crippen LogP contribution is -2.61. The summed E-state index contributed by atoms with van der Waals surface area (Å²) in [5, 5.41) is 19.0. The highest BCUT2D eigenvalue weighted by molar-refractivity contribution is 6.43. The summed E-state index contributed by atoms with van der Waals surface area (Å²) in [6.07, 6.45) is -0.0610. The third kappa shape index (κ3) is 9.50. The van der Waals surface area contributed by atoms with Crippen molar-refractivity contribution in [2.75, 3.05) is 29.7 Å². The molecule has 0 saturated carbocycles. The molecule has 2 rings (SSSR count). The number of halogens is 3. The maximum absolute atomic E-state index is 13.3. The van der Waals surface area contributed by atoms with Crippen molar-refractivity contribution in [2.45, 2.75) is 36.0 Å². The number of ether oxygens (including phenoxy) is 1. The van der Waals surface area contributed by atoms with Crippen LogP contribution in [0.25, 0.3) is 0 Å². The number of benzene rings is 2. The lowest BCUT2D eigenvalue weighted by Gasteiger charge is -2.37. The Morgan fingerprint density at radius 3 is 1.97 bits per heavy atom. The van der Waals surface area contributed by atoms with E-state index in [1.165, 1.54) is 12.1 Å². The second-order valence-corrected chi connectivity index (χ2v) is 9.43.